The Kier molecular flexibility index (Phi) is 24.7. The summed E-state index contributed by atoms with van der Waals surface area (Å²) in [6.07, 6.45) is 1.37. The molecule has 0 heterocycles. The Bertz CT molecular complexity index is 902. The first-order valence-corrected chi connectivity index (χ1v) is 13.9. The van der Waals surface area contributed by atoms with Crippen molar-refractivity contribution in [2.24, 2.45) is 0 Å². The second kappa shape index (κ2) is 25.2. The van der Waals surface area contributed by atoms with E-state index >= 15 is 0 Å². The molecule has 0 aliphatic carbocycles. The fourth-order valence-corrected chi connectivity index (χ4v) is 3.65. The van der Waals surface area contributed by atoms with Crippen LogP contribution in [-0.2, 0) is 47.8 Å². The zero-order valence-electron chi connectivity index (χ0n) is 25.3. The second-order valence-electron chi connectivity index (χ2n) is 9.57. The van der Waals surface area contributed by atoms with E-state index in [1.807, 2.05) is 0 Å². The quantitative estimate of drug-likeness (QED) is 0.0751. The first kappa shape index (κ1) is 44.1. The molecule has 0 bridgehead atoms. The maximum Gasteiger partial charge on any atom is 3.00 e. The summed E-state index contributed by atoms with van der Waals surface area (Å²) >= 11 is 0. The van der Waals surface area contributed by atoms with Crippen LogP contribution >= 0.6 is 0 Å². The summed E-state index contributed by atoms with van der Waals surface area (Å²) in [5.74, 6) is -8.42. The summed E-state index contributed by atoms with van der Waals surface area (Å²) in [7, 11) is 0. The molecule has 1 radical (unpaired) electrons. The van der Waals surface area contributed by atoms with E-state index in [0.29, 0.717) is 22.6 Å². The van der Waals surface area contributed by atoms with Gasteiger partial charge in [0.25, 0.3) is 0 Å². The van der Waals surface area contributed by atoms with Gasteiger partial charge in [-0.25, -0.2) is 0 Å². The van der Waals surface area contributed by atoms with Crippen molar-refractivity contribution in [1.82, 2.24) is 19.6 Å². The van der Waals surface area contributed by atoms with E-state index in [4.69, 9.17) is 29.9 Å². The van der Waals surface area contributed by atoms with Crippen LogP contribution < -0.4 is 0 Å². The number of nitrogens with zero attached hydrogens (tertiary/aromatic N) is 4. The molecule has 0 spiro atoms. The SMILES string of the molecule is CCCC(=O)OCCN(CCN(CCOC(=O)CCC)CC(=O)N(CC(=O)O)CC(=O)O)CC(=O)N(CC(=O)O)CC(=O)O.[Gd+3]. The molecule has 0 atom stereocenters. The van der Waals surface area contributed by atoms with Crippen molar-refractivity contribution < 1.29 is 108 Å². The zero-order chi connectivity index (χ0) is 33.7. The first-order valence-electron chi connectivity index (χ1n) is 13.9. The van der Waals surface area contributed by atoms with Gasteiger partial charge in [-0.05, 0) is 12.8 Å². The summed E-state index contributed by atoms with van der Waals surface area (Å²) in [5, 5.41) is 36.4. The third kappa shape index (κ3) is 23.1. The number of amides is 2. The number of carboxylic acids is 4. The molecular weight excluding hydrogens is 750 g/mol. The predicted molar refractivity (Wildman–Crippen MR) is 148 cm³/mol. The van der Waals surface area contributed by atoms with Crippen LogP contribution in [-0.4, -0.2) is 166 Å². The van der Waals surface area contributed by atoms with Crippen molar-refractivity contribution in [1.29, 1.82) is 0 Å². The van der Waals surface area contributed by atoms with Gasteiger partial charge in [-0.2, -0.15) is 0 Å². The van der Waals surface area contributed by atoms with Gasteiger partial charge in [0.05, 0.1) is 13.1 Å². The molecule has 0 aliphatic heterocycles. The van der Waals surface area contributed by atoms with Crippen LogP contribution in [0.15, 0.2) is 0 Å². The van der Waals surface area contributed by atoms with E-state index in [-0.39, 0.29) is 92.2 Å². The molecule has 0 aliphatic rings. The minimum Gasteiger partial charge on any atom is -0.480 e. The summed E-state index contributed by atoms with van der Waals surface area (Å²) in [6.45, 7) is -1.39. The zero-order valence-corrected chi connectivity index (χ0v) is 27.6. The minimum atomic E-state index is -1.44. The molecule has 255 valence electrons. The summed E-state index contributed by atoms with van der Waals surface area (Å²) in [6, 6.07) is 0. The van der Waals surface area contributed by atoms with Crippen LogP contribution in [0.4, 0.5) is 0 Å². The number of hydrogen-bond acceptors (Lipinski definition) is 12. The number of carboxylic acid groups (broad SMARTS) is 4. The topological polar surface area (TPSA) is 249 Å². The molecule has 45 heavy (non-hydrogen) atoms. The fraction of sp³-hybridized carbons (Fsp3) is 0.692. The summed E-state index contributed by atoms with van der Waals surface area (Å²) in [4.78, 5) is 98.1. The van der Waals surface area contributed by atoms with Crippen molar-refractivity contribution in [2.45, 2.75) is 39.5 Å². The van der Waals surface area contributed by atoms with Gasteiger partial charge in [-0.1, -0.05) is 13.8 Å². The van der Waals surface area contributed by atoms with Crippen LogP contribution in [0.25, 0.3) is 0 Å². The standard InChI is InChI=1S/C26H42N4O14.Gd/c1-3-5-25(41)43-11-9-27(13-19(31)29(15-21(33)34)16-22(35)36)7-8-28(10-12-44-26(42)6-4-2)14-20(32)30(17-23(37)38)18-24(39)40;/h3-18H2,1-2H3,(H,33,34)(H,35,36)(H,37,38)(H,39,40);/q;+3. The number of aliphatic carboxylic acids is 4. The van der Waals surface area contributed by atoms with Gasteiger partial charge in [0, 0.05) is 39.0 Å². The third-order valence-corrected chi connectivity index (χ3v) is 5.71. The molecule has 0 unspecified atom stereocenters. The van der Waals surface area contributed by atoms with Crippen LogP contribution in [0, 0.1) is 39.9 Å². The average Bonchev–Trinajstić information content (AvgIpc) is 2.89. The average molecular weight is 792 g/mol. The van der Waals surface area contributed by atoms with Crippen molar-refractivity contribution >= 4 is 47.6 Å². The Balaban J connectivity index is 0. The van der Waals surface area contributed by atoms with Crippen LogP contribution in [0.1, 0.15) is 39.5 Å². The van der Waals surface area contributed by atoms with Crippen molar-refractivity contribution in [3.8, 4) is 0 Å². The second-order valence-corrected chi connectivity index (χ2v) is 9.57. The van der Waals surface area contributed by atoms with Crippen molar-refractivity contribution in [3.63, 3.8) is 0 Å². The van der Waals surface area contributed by atoms with Gasteiger partial charge >= 0.3 is 75.8 Å². The summed E-state index contributed by atoms with van der Waals surface area (Å²) in [5.41, 5.74) is 0. The Morgan fingerprint density at radius 3 is 1.02 bits per heavy atom. The van der Waals surface area contributed by atoms with Crippen LogP contribution in [0.3, 0.4) is 0 Å². The molecule has 18 nitrogen and oxygen atoms in total. The van der Waals surface area contributed by atoms with E-state index in [1.165, 1.54) is 9.80 Å². The summed E-state index contributed by atoms with van der Waals surface area (Å²) < 4.78 is 10.3. The van der Waals surface area contributed by atoms with Crippen LogP contribution in [0.5, 0.6) is 0 Å². The monoisotopic (exact) mass is 792 g/mol. The Labute approximate surface area is 292 Å². The van der Waals surface area contributed by atoms with E-state index in [9.17, 15) is 38.4 Å². The van der Waals surface area contributed by atoms with Crippen molar-refractivity contribution in [3.05, 3.63) is 0 Å². The molecule has 0 saturated heterocycles. The number of carbonyl (C=O) groups is 8. The largest absolute Gasteiger partial charge is 3.00 e. The molecular formula is C26H42GdN4O14+3. The van der Waals surface area contributed by atoms with Gasteiger partial charge in [0.1, 0.15) is 39.4 Å². The molecule has 0 aromatic heterocycles. The molecule has 0 fully saturated rings. The van der Waals surface area contributed by atoms with E-state index in [1.54, 1.807) is 13.8 Å². The van der Waals surface area contributed by atoms with E-state index in [0.717, 1.165) is 0 Å². The van der Waals surface area contributed by atoms with Crippen LogP contribution in [0.2, 0.25) is 0 Å². The van der Waals surface area contributed by atoms with Gasteiger partial charge in [0.15, 0.2) is 0 Å². The molecule has 0 rings (SSSR count). The number of esters is 2. The van der Waals surface area contributed by atoms with Gasteiger partial charge in [0.2, 0.25) is 11.8 Å². The normalized spacial score (nSPS) is 10.5. The van der Waals surface area contributed by atoms with E-state index in [2.05, 4.69) is 0 Å². The predicted octanol–water partition coefficient (Wildman–Crippen LogP) is -1.73. The van der Waals surface area contributed by atoms with Gasteiger partial charge < -0.3 is 39.7 Å². The molecule has 0 aromatic rings. The smallest absolute Gasteiger partial charge is 0.480 e. The first-order chi connectivity index (χ1) is 20.7. The Hall–Kier alpha value is -3.00. The van der Waals surface area contributed by atoms with Crippen molar-refractivity contribution in [2.75, 3.05) is 78.7 Å². The Morgan fingerprint density at radius 1 is 0.489 bits per heavy atom. The van der Waals surface area contributed by atoms with E-state index < -0.39 is 86.9 Å². The molecule has 0 aromatic carbocycles. The number of ether oxygens (including phenoxy) is 2. The number of rotatable bonds is 25. The maximum absolute atomic E-state index is 12.9. The maximum atomic E-state index is 12.9. The van der Waals surface area contributed by atoms with Gasteiger partial charge in [-0.3, -0.25) is 48.2 Å². The third-order valence-electron chi connectivity index (χ3n) is 5.71. The number of hydrogen-bond donors (Lipinski definition) is 4. The minimum absolute atomic E-state index is 0. The molecule has 0 saturated carbocycles. The molecule has 2 amide bonds. The molecule has 19 heteroatoms. The fourth-order valence-electron chi connectivity index (χ4n) is 3.65. The Morgan fingerprint density at radius 2 is 0.778 bits per heavy atom. The van der Waals surface area contributed by atoms with Gasteiger partial charge in [-0.15, -0.1) is 0 Å². The molecule has 4 N–H and O–H groups in total. The number of carbonyl (C=O) groups excluding carboxylic acids is 4.